The third-order valence-electron chi connectivity index (χ3n) is 4.92. The van der Waals surface area contributed by atoms with Crippen LogP contribution in [0.5, 0.6) is 0 Å². The zero-order valence-corrected chi connectivity index (χ0v) is 14.0. The maximum atomic E-state index is 6.24. The Balaban J connectivity index is 1.44. The molecule has 0 saturated carbocycles. The number of aryl methyl sites for hydroxylation is 2. The molecule has 0 aromatic carbocycles. The lowest BCUT2D eigenvalue weighted by Gasteiger charge is -2.45. The fraction of sp³-hybridized carbons (Fsp3) is 0.471. The second kappa shape index (κ2) is 5.96. The van der Waals surface area contributed by atoms with Crippen molar-refractivity contribution in [2.24, 2.45) is 0 Å². The van der Waals surface area contributed by atoms with Crippen LogP contribution in [0, 0.1) is 0 Å². The van der Waals surface area contributed by atoms with Crippen LogP contribution in [-0.4, -0.2) is 41.4 Å². The van der Waals surface area contributed by atoms with Crippen LogP contribution in [0.4, 0.5) is 11.5 Å². The number of anilines is 2. The number of rotatable bonds is 3. The molecule has 0 unspecified atom stereocenters. The van der Waals surface area contributed by atoms with Gasteiger partial charge in [0.1, 0.15) is 0 Å². The lowest BCUT2D eigenvalue weighted by molar-refractivity contribution is 0.489. The Bertz CT molecular complexity index is 714. The monoisotopic (exact) mass is 329 g/mol. The summed E-state index contributed by atoms with van der Waals surface area (Å²) in [5, 5.41) is 9.55. The number of nitrogens with zero attached hydrogens (tertiary/aromatic N) is 5. The zero-order valence-electron chi connectivity index (χ0n) is 13.2. The van der Waals surface area contributed by atoms with Crippen molar-refractivity contribution in [2.75, 3.05) is 29.9 Å². The van der Waals surface area contributed by atoms with E-state index in [-0.39, 0.29) is 0 Å². The van der Waals surface area contributed by atoms with E-state index in [4.69, 9.17) is 11.6 Å². The number of halogens is 1. The van der Waals surface area contributed by atoms with Gasteiger partial charge in [0.2, 0.25) is 0 Å². The van der Waals surface area contributed by atoms with E-state index in [1.54, 1.807) is 12.4 Å². The highest BCUT2D eigenvalue weighted by Gasteiger charge is 2.32. The molecule has 0 amide bonds. The van der Waals surface area contributed by atoms with Gasteiger partial charge in [-0.05, 0) is 43.4 Å². The number of fused-ring (bicyclic) bond motifs is 1. The van der Waals surface area contributed by atoms with E-state index in [2.05, 4.69) is 38.1 Å². The average molecular weight is 330 g/mol. The van der Waals surface area contributed by atoms with Crippen molar-refractivity contribution >= 4 is 23.1 Å². The first-order valence-corrected chi connectivity index (χ1v) is 8.53. The van der Waals surface area contributed by atoms with Crippen molar-refractivity contribution in [3.8, 4) is 0 Å². The Morgan fingerprint density at radius 1 is 1.22 bits per heavy atom. The fourth-order valence-corrected chi connectivity index (χ4v) is 3.62. The van der Waals surface area contributed by atoms with Gasteiger partial charge in [-0.3, -0.25) is 4.98 Å². The van der Waals surface area contributed by atoms with Crippen LogP contribution in [0.2, 0.25) is 5.02 Å². The van der Waals surface area contributed by atoms with Gasteiger partial charge < -0.3 is 9.80 Å². The minimum atomic E-state index is 0.438. The SMILES string of the molecule is CN(c1ccncc1Cl)C1CN(c2cc3c(nn2)CCCC3)C1. The standard InChI is InChI=1S/C17H20ClN5/c1-22(16-6-7-19-9-14(16)18)13-10-23(11-13)17-8-12-4-2-3-5-15(12)20-21-17/h6-9,13H,2-5,10-11H2,1H3. The first-order chi connectivity index (χ1) is 11.2. The van der Waals surface area contributed by atoms with Gasteiger partial charge in [-0.2, -0.15) is 5.10 Å². The van der Waals surface area contributed by atoms with Crippen LogP contribution in [-0.2, 0) is 12.8 Å². The van der Waals surface area contributed by atoms with Gasteiger partial charge in [0.25, 0.3) is 0 Å². The van der Waals surface area contributed by atoms with Crippen molar-refractivity contribution in [3.63, 3.8) is 0 Å². The summed E-state index contributed by atoms with van der Waals surface area (Å²) in [5.74, 6) is 1.01. The molecule has 5 nitrogen and oxygen atoms in total. The number of pyridine rings is 1. The first-order valence-electron chi connectivity index (χ1n) is 8.15. The van der Waals surface area contributed by atoms with Crippen LogP contribution < -0.4 is 9.80 Å². The van der Waals surface area contributed by atoms with Gasteiger partial charge in [0.05, 0.1) is 22.4 Å². The van der Waals surface area contributed by atoms with Gasteiger partial charge in [-0.25, -0.2) is 0 Å². The van der Waals surface area contributed by atoms with Crippen LogP contribution in [0.25, 0.3) is 0 Å². The lowest BCUT2D eigenvalue weighted by atomic mass is 9.96. The molecule has 6 heteroatoms. The second-order valence-corrected chi connectivity index (χ2v) is 6.79. The number of likely N-dealkylation sites (N-methyl/N-ethyl adjacent to an activating group) is 1. The smallest absolute Gasteiger partial charge is 0.151 e. The van der Waals surface area contributed by atoms with Crippen molar-refractivity contribution < 1.29 is 0 Å². The summed E-state index contributed by atoms with van der Waals surface area (Å²) in [7, 11) is 2.09. The van der Waals surface area contributed by atoms with Gasteiger partial charge >= 0.3 is 0 Å². The first kappa shape index (κ1) is 14.7. The Morgan fingerprint density at radius 2 is 2.04 bits per heavy atom. The fourth-order valence-electron chi connectivity index (χ4n) is 3.37. The van der Waals surface area contributed by atoms with E-state index >= 15 is 0 Å². The maximum absolute atomic E-state index is 6.24. The second-order valence-electron chi connectivity index (χ2n) is 6.38. The number of hydrogen-bond donors (Lipinski definition) is 0. The summed E-state index contributed by atoms with van der Waals surface area (Å²) in [6.45, 7) is 1.89. The van der Waals surface area contributed by atoms with Gasteiger partial charge in [0, 0.05) is 32.5 Å². The summed E-state index contributed by atoms with van der Waals surface area (Å²) in [4.78, 5) is 8.56. The molecule has 1 aliphatic heterocycles. The highest BCUT2D eigenvalue weighted by Crippen LogP contribution is 2.30. The minimum absolute atomic E-state index is 0.438. The Labute approximate surface area is 141 Å². The quantitative estimate of drug-likeness (QED) is 0.866. The summed E-state index contributed by atoms with van der Waals surface area (Å²) >= 11 is 6.24. The lowest BCUT2D eigenvalue weighted by Crippen LogP contribution is -2.59. The summed E-state index contributed by atoms with van der Waals surface area (Å²) in [5.41, 5.74) is 3.61. The molecule has 23 heavy (non-hydrogen) atoms. The Hall–Kier alpha value is -1.88. The van der Waals surface area contributed by atoms with Crippen molar-refractivity contribution in [1.29, 1.82) is 0 Å². The van der Waals surface area contributed by atoms with E-state index in [0.717, 1.165) is 37.4 Å². The molecule has 0 atom stereocenters. The van der Waals surface area contributed by atoms with Gasteiger partial charge in [0.15, 0.2) is 5.82 Å². The predicted molar refractivity (Wildman–Crippen MR) is 92.3 cm³/mol. The molecule has 3 heterocycles. The van der Waals surface area contributed by atoms with Crippen LogP contribution in [0.15, 0.2) is 24.5 Å². The summed E-state index contributed by atoms with van der Waals surface area (Å²) in [6.07, 6.45) is 8.20. The van der Waals surface area contributed by atoms with E-state index in [9.17, 15) is 0 Å². The van der Waals surface area contributed by atoms with Gasteiger partial charge in [-0.1, -0.05) is 11.6 Å². The molecule has 0 N–H and O–H groups in total. The zero-order chi connectivity index (χ0) is 15.8. The normalized spacial score (nSPS) is 17.6. The van der Waals surface area contributed by atoms with E-state index < -0.39 is 0 Å². The average Bonchev–Trinajstić information content (AvgIpc) is 2.53. The van der Waals surface area contributed by atoms with E-state index in [0.29, 0.717) is 11.1 Å². The van der Waals surface area contributed by atoms with Crippen molar-refractivity contribution in [1.82, 2.24) is 15.2 Å². The van der Waals surface area contributed by atoms with E-state index in [1.807, 2.05) is 6.07 Å². The Morgan fingerprint density at radius 3 is 2.87 bits per heavy atom. The molecule has 1 saturated heterocycles. The molecule has 0 spiro atoms. The molecule has 1 aliphatic carbocycles. The molecule has 120 valence electrons. The van der Waals surface area contributed by atoms with Crippen LogP contribution in [0.1, 0.15) is 24.1 Å². The van der Waals surface area contributed by atoms with Crippen molar-refractivity contribution in [2.45, 2.75) is 31.7 Å². The molecule has 2 aromatic rings. The number of hydrogen-bond acceptors (Lipinski definition) is 5. The maximum Gasteiger partial charge on any atom is 0.151 e. The third-order valence-corrected chi connectivity index (χ3v) is 5.21. The highest BCUT2D eigenvalue weighted by atomic mass is 35.5. The third kappa shape index (κ3) is 2.74. The molecular formula is C17H20ClN5. The summed E-state index contributed by atoms with van der Waals surface area (Å²) in [6, 6.07) is 4.63. The predicted octanol–water partition coefficient (Wildman–Crippen LogP) is 2.73. The van der Waals surface area contributed by atoms with Gasteiger partial charge in [-0.15, -0.1) is 5.10 Å². The molecular weight excluding hydrogens is 310 g/mol. The molecule has 0 radical (unpaired) electrons. The van der Waals surface area contributed by atoms with Crippen molar-refractivity contribution in [3.05, 3.63) is 40.8 Å². The topological polar surface area (TPSA) is 45.2 Å². The molecule has 2 aromatic heterocycles. The van der Waals surface area contributed by atoms with Crippen LogP contribution in [0.3, 0.4) is 0 Å². The molecule has 2 aliphatic rings. The minimum Gasteiger partial charge on any atom is -0.367 e. The molecule has 4 rings (SSSR count). The highest BCUT2D eigenvalue weighted by molar-refractivity contribution is 6.33. The number of aromatic nitrogens is 3. The molecule has 0 bridgehead atoms. The van der Waals surface area contributed by atoms with E-state index in [1.165, 1.54) is 24.1 Å². The largest absolute Gasteiger partial charge is 0.367 e. The van der Waals surface area contributed by atoms with Crippen LogP contribution >= 0.6 is 11.6 Å². The molecule has 1 fully saturated rings. The Kier molecular flexibility index (Phi) is 3.81. The summed E-state index contributed by atoms with van der Waals surface area (Å²) < 4.78 is 0.